The molecule has 0 amide bonds. The maximum atomic E-state index is 12.6. The van der Waals surface area contributed by atoms with Gasteiger partial charge in [0.05, 0.1) is 11.5 Å². The quantitative estimate of drug-likeness (QED) is 0.621. The number of nitriles is 1. The van der Waals surface area contributed by atoms with Crippen LogP contribution in [-0.2, 0) is 6.61 Å². The minimum Gasteiger partial charge on any atom is -0.392 e. The predicted octanol–water partition coefficient (Wildman–Crippen LogP) is 1.29. The van der Waals surface area contributed by atoms with E-state index in [0.717, 1.165) is 6.20 Å². The number of hydrogen-bond acceptors (Lipinski definition) is 5. The van der Waals surface area contributed by atoms with E-state index in [-0.39, 0.29) is 5.56 Å². The maximum Gasteiger partial charge on any atom is 0.314 e. The average molecular weight is 229 g/mol. The third-order valence-corrected chi connectivity index (χ3v) is 1.85. The van der Waals surface area contributed by atoms with Gasteiger partial charge in [0.15, 0.2) is 0 Å². The van der Waals surface area contributed by atoms with Gasteiger partial charge in [-0.25, -0.2) is 13.8 Å². The molecule has 1 heterocycles. The molecular formula is C8H5F2N3O3. The average Bonchev–Trinajstić information content (AvgIpc) is 2.26. The summed E-state index contributed by atoms with van der Waals surface area (Å²) in [7, 11) is 0. The van der Waals surface area contributed by atoms with Crippen LogP contribution in [0.5, 0.6) is 0 Å². The van der Waals surface area contributed by atoms with Gasteiger partial charge in [0.2, 0.25) is 5.69 Å². The van der Waals surface area contributed by atoms with Crippen molar-refractivity contribution < 1.29 is 18.8 Å². The number of nitrogens with zero attached hydrogens (tertiary/aromatic N) is 3. The first-order chi connectivity index (χ1) is 7.52. The lowest BCUT2D eigenvalue weighted by Crippen LogP contribution is -2.05. The molecule has 0 atom stereocenters. The fourth-order valence-corrected chi connectivity index (χ4v) is 1.19. The molecule has 0 unspecified atom stereocenters. The summed E-state index contributed by atoms with van der Waals surface area (Å²) < 4.78 is 25.2. The van der Waals surface area contributed by atoms with Gasteiger partial charge in [-0.1, -0.05) is 0 Å². The molecule has 1 aromatic heterocycles. The highest BCUT2D eigenvalue weighted by molar-refractivity contribution is 5.53. The van der Waals surface area contributed by atoms with Crippen LogP contribution in [0.3, 0.4) is 0 Å². The van der Waals surface area contributed by atoms with Crippen LogP contribution in [0, 0.1) is 21.4 Å². The highest BCUT2D eigenvalue weighted by atomic mass is 19.3. The molecule has 1 N–H and O–H groups in total. The second kappa shape index (κ2) is 4.59. The number of rotatable bonds is 3. The minimum absolute atomic E-state index is 0.360. The number of aliphatic hydroxyl groups excluding tert-OH is 1. The Morgan fingerprint density at radius 2 is 2.31 bits per heavy atom. The molecule has 0 fully saturated rings. The highest BCUT2D eigenvalue weighted by Crippen LogP contribution is 2.33. The SMILES string of the molecule is N#Cc1ncc(CO)c(C(F)F)c1[N+](=O)[O-]. The molecule has 0 aliphatic rings. The van der Waals surface area contributed by atoms with Gasteiger partial charge in [0.25, 0.3) is 6.43 Å². The summed E-state index contributed by atoms with van der Waals surface area (Å²) in [4.78, 5) is 12.8. The third kappa shape index (κ3) is 1.94. The molecule has 84 valence electrons. The number of hydrogen-bond donors (Lipinski definition) is 1. The number of aromatic nitrogens is 1. The lowest BCUT2D eigenvalue weighted by atomic mass is 10.1. The fourth-order valence-electron chi connectivity index (χ4n) is 1.19. The monoisotopic (exact) mass is 229 g/mol. The van der Waals surface area contributed by atoms with Gasteiger partial charge >= 0.3 is 5.69 Å². The molecule has 6 nitrogen and oxygen atoms in total. The predicted molar refractivity (Wildman–Crippen MR) is 46.5 cm³/mol. The van der Waals surface area contributed by atoms with Gasteiger partial charge in [-0.3, -0.25) is 10.1 Å². The standard InChI is InChI=1S/C8H5F2N3O3/c9-8(10)6-4(3-14)2-12-5(1-11)7(6)13(15)16/h2,8,14H,3H2. The molecule has 1 rings (SSSR count). The first-order valence-electron chi connectivity index (χ1n) is 3.98. The summed E-state index contributed by atoms with van der Waals surface area (Å²) in [6.45, 7) is -0.806. The second-order valence-corrected chi connectivity index (χ2v) is 2.72. The molecule has 0 aliphatic heterocycles. The normalized spacial score (nSPS) is 10.2. The van der Waals surface area contributed by atoms with Crippen molar-refractivity contribution in [3.05, 3.63) is 33.1 Å². The van der Waals surface area contributed by atoms with Gasteiger partial charge in [0.1, 0.15) is 11.6 Å². The van der Waals surface area contributed by atoms with Crippen LogP contribution in [0.25, 0.3) is 0 Å². The molecule has 0 bridgehead atoms. The van der Waals surface area contributed by atoms with Gasteiger partial charge < -0.3 is 5.11 Å². The van der Waals surface area contributed by atoms with Crippen LogP contribution in [0.2, 0.25) is 0 Å². The zero-order valence-electron chi connectivity index (χ0n) is 7.72. The summed E-state index contributed by atoms with van der Waals surface area (Å²) in [6.07, 6.45) is -2.33. The molecule has 0 spiro atoms. The zero-order chi connectivity index (χ0) is 12.3. The highest BCUT2D eigenvalue weighted by Gasteiger charge is 2.30. The van der Waals surface area contributed by atoms with Crippen molar-refractivity contribution in [2.45, 2.75) is 13.0 Å². The largest absolute Gasteiger partial charge is 0.392 e. The minimum atomic E-state index is -3.15. The number of nitro groups is 1. The Balaban J connectivity index is 3.61. The van der Waals surface area contributed by atoms with Crippen LogP contribution in [0.15, 0.2) is 6.20 Å². The van der Waals surface area contributed by atoms with E-state index < -0.39 is 34.9 Å². The van der Waals surface area contributed by atoms with E-state index in [2.05, 4.69) is 4.98 Å². The molecule has 0 saturated heterocycles. The van der Waals surface area contributed by atoms with Crippen LogP contribution >= 0.6 is 0 Å². The Labute approximate surface area is 87.9 Å². The number of pyridine rings is 1. The first-order valence-corrected chi connectivity index (χ1v) is 3.98. The van der Waals surface area contributed by atoms with E-state index >= 15 is 0 Å². The van der Waals surface area contributed by atoms with Gasteiger partial charge in [-0.15, -0.1) is 0 Å². The van der Waals surface area contributed by atoms with Crippen molar-refractivity contribution in [2.24, 2.45) is 0 Å². The van der Waals surface area contributed by atoms with Crippen molar-refractivity contribution in [3.8, 4) is 6.07 Å². The smallest absolute Gasteiger partial charge is 0.314 e. The molecular weight excluding hydrogens is 224 g/mol. The molecule has 8 heteroatoms. The topological polar surface area (TPSA) is 100 Å². The lowest BCUT2D eigenvalue weighted by molar-refractivity contribution is -0.386. The van der Waals surface area contributed by atoms with Crippen LogP contribution in [0.1, 0.15) is 23.2 Å². The van der Waals surface area contributed by atoms with Crippen molar-refractivity contribution in [1.29, 1.82) is 5.26 Å². The van der Waals surface area contributed by atoms with E-state index in [0.29, 0.717) is 0 Å². The van der Waals surface area contributed by atoms with Crippen LogP contribution in [-0.4, -0.2) is 15.0 Å². The Morgan fingerprint density at radius 1 is 1.69 bits per heavy atom. The number of halogens is 2. The zero-order valence-corrected chi connectivity index (χ0v) is 7.72. The van der Waals surface area contributed by atoms with Crippen molar-refractivity contribution in [2.75, 3.05) is 0 Å². The van der Waals surface area contributed by atoms with E-state index in [1.807, 2.05) is 0 Å². The van der Waals surface area contributed by atoms with Crippen molar-refractivity contribution in [1.82, 2.24) is 4.98 Å². The summed E-state index contributed by atoms with van der Waals surface area (Å²) in [6, 6.07) is 1.36. The van der Waals surface area contributed by atoms with E-state index in [1.165, 1.54) is 6.07 Å². The molecule has 0 aromatic carbocycles. The Morgan fingerprint density at radius 3 is 2.69 bits per heavy atom. The van der Waals surface area contributed by atoms with Crippen LogP contribution in [0.4, 0.5) is 14.5 Å². The van der Waals surface area contributed by atoms with Crippen molar-refractivity contribution in [3.63, 3.8) is 0 Å². The Bertz CT molecular complexity index is 470. The third-order valence-electron chi connectivity index (χ3n) is 1.85. The molecule has 0 radical (unpaired) electrons. The molecule has 1 aromatic rings. The van der Waals surface area contributed by atoms with E-state index in [9.17, 15) is 18.9 Å². The second-order valence-electron chi connectivity index (χ2n) is 2.72. The Kier molecular flexibility index (Phi) is 3.42. The number of aliphatic hydroxyl groups is 1. The summed E-state index contributed by atoms with van der Waals surface area (Å²) in [5, 5.41) is 27.8. The number of alkyl halides is 2. The fraction of sp³-hybridized carbons (Fsp3) is 0.250. The van der Waals surface area contributed by atoms with Crippen molar-refractivity contribution >= 4 is 5.69 Å². The van der Waals surface area contributed by atoms with Gasteiger partial charge in [0, 0.05) is 11.8 Å². The Hall–Kier alpha value is -2.14. The van der Waals surface area contributed by atoms with Gasteiger partial charge in [-0.05, 0) is 0 Å². The van der Waals surface area contributed by atoms with Crippen LogP contribution < -0.4 is 0 Å². The van der Waals surface area contributed by atoms with Gasteiger partial charge in [-0.2, -0.15) is 5.26 Å². The summed E-state index contributed by atoms with van der Waals surface area (Å²) in [5.74, 6) is 0. The molecule has 16 heavy (non-hydrogen) atoms. The summed E-state index contributed by atoms with van der Waals surface area (Å²) in [5.41, 5.74) is -3.07. The first kappa shape index (κ1) is 11.9. The summed E-state index contributed by atoms with van der Waals surface area (Å²) >= 11 is 0. The van der Waals surface area contributed by atoms with E-state index in [1.54, 1.807) is 0 Å². The lowest BCUT2D eigenvalue weighted by Gasteiger charge is -2.07. The maximum absolute atomic E-state index is 12.6. The molecule has 0 saturated carbocycles. The molecule has 0 aliphatic carbocycles. The van der Waals surface area contributed by atoms with E-state index in [4.69, 9.17) is 10.4 Å².